The third-order valence-corrected chi connectivity index (χ3v) is 1.27. The maximum absolute atomic E-state index is 9.21. The van der Waals surface area contributed by atoms with Crippen molar-refractivity contribution in [2.75, 3.05) is 19.0 Å². The zero-order valence-electron chi connectivity index (χ0n) is 8.12. The van der Waals surface area contributed by atoms with E-state index in [1.807, 2.05) is 32.3 Å². The molecule has 13 heavy (non-hydrogen) atoms. The molecule has 0 amide bonds. The maximum Gasteiger partial charge on any atom is 0.218 e. The van der Waals surface area contributed by atoms with E-state index in [4.69, 9.17) is 0 Å². The van der Waals surface area contributed by atoms with E-state index >= 15 is 0 Å². The van der Waals surface area contributed by atoms with Crippen LogP contribution in [0.15, 0.2) is 30.3 Å². The highest BCUT2D eigenvalue weighted by Gasteiger charge is 1.87. The maximum atomic E-state index is 9.21. The Morgan fingerprint density at radius 2 is 1.62 bits per heavy atom. The van der Waals surface area contributed by atoms with E-state index in [0.29, 0.717) is 0 Å². The highest BCUT2D eigenvalue weighted by atomic mass is 35.5. The number of carbonyl (C=O) groups excluding carboxylic acids is 1. The largest absolute Gasteiger partial charge is 0.378 e. The first kappa shape index (κ1) is 12.0. The zero-order valence-corrected chi connectivity index (χ0v) is 8.88. The minimum absolute atomic E-state index is 0.361. The first-order valence-electron chi connectivity index (χ1n) is 3.92. The van der Waals surface area contributed by atoms with Gasteiger partial charge in [0.15, 0.2) is 0 Å². The number of halogens is 1. The molecule has 0 aromatic heterocycles. The van der Waals surface area contributed by atoms with Gasteiger partial charge in [0.25, 0.3) is 0 Å². The predicted molar refractivity (Wildman–Crippen MR) is 57.3 cm³/mol. The molecule has 0 N–H and O–H groups in total. The fraction of sp³-hybridized carbons (Fsp3) is 0.300. The molecule has 0 aliphatic rings. The van der Waals surface area contributed by atoms with Gasteiger partial charge in [-0.3, -0.25) is 4.79 Å². The van der Waals surface area contributed by atoms with Crippen molar-refractivity contribution in [2.45, 2.75) is 6.92 Å². The minimum Gasteiger partial charge on any atom is -0.378 e. The molecular weight excluding hydrogens is 186 g/mol. The van der Waals surface area contributed by atoms with Crippen molar-refractivity contribution in [1.29, 1.82) is 0 Å². The van der Waals surface area contributed by atoms with Gasteiger partial charge in [-0.2, -0.15) is 0 Å². The summed E-state index contributed by atoms with van der Waals surface area (Å²) in [5.74, 6) is 0. The van der Waals surface area contributed by atoms with Gasteiger partial charge in [-0.15, -0.1) is 0 Å². The Bertz CT molecular complexity index is 242. The van der Waals surface area contributed by atoms with Crippen LogP contribution in [-0.2, 0) is 4.79 Å². The van der Waals surface area contributed by atoms with Gasteiger partial charge in [-0.1, -0.05) is 18.2 Å². The van der Waals surface area contributed by atoms with Crippen LogP contribution in [0.5, 0.6) is 0 Å². The first-order valence-corrected chi connectivity index (χ1v) is 4.30. The van der Waals surface area contributed by atoms with Crippen LogP contribution in [0, 0.1) is 0 Å². The van der Waals surface area contributed by atoms with Crippen molar-refractivity contribution >= 4 is 22.5 Å². The van der Waals surface area contributed by atoms with Crippen molar-refractivity contribution < 1.29 is 4.79 Å². The number of nitrogens with zero attached hydrogens (tertiary/aromatic N) is 1. The van der Waals surface area contributed by atoms with Crippen molar-refractivity contribution in [3.63, 3.8) is 0 Å². The molecule has 0 fully saturated rings. The van der Waals surface area contributed by atoms with Crippen LogP contribution >= 0.6 is 11.6 Å². The molecule has 2 nitrogen and oxygen atoms in total. The zero-order chi connectivity index (χ0) is 10.3. The molecule has 0 unspecified atom stereocenters. The Morgan fingerprint density at radius 1 is 1.23 bits per heavy atom. The second-order valence-corrected chi connectivity index (χ2v) is 3.23. The summed E-state index contributed by atoms with van der Waals surface area (Å²) >= 11 is 4.64. The number of anilines is 1. The average molecular weight is 200 g/mol. The van der Waals surface area contributed by atoms with Gasteiger partial charge in [0.05, 0.1) is 0 Å². The van der Waals surface area contributed by atoms with E-state index in [-0.39, 0.29) is 5.24 Å². The summed E-state index contributed by atoms with van der Waals surface area (Å²) < 4.78 is 0. The van der Waals surface area contributed by atoms with Crippen molar-refractivity contribution in [1.82, 2.24) is 0 Å². The average Bonchev–Trinajstić information content (AvgIpc) is 2.05. The van der Waals surface area contributed by atoms with E-state index in [9.17, 15) is 4.79 Å². The second kappa shape index (κ2) is 6.49. The third kappa shape index (κ3) is 7.34. The highest BCUT2D eigenvalue weighted by molar-refractivity contribution is 6.62. The molecule has 0 aliphatic heterocycles. The predicted octanol–water partition coefficient (Wildman–Crippen LogP) is 2.52. The molecule has 1 aromatic carbocycles. The lowest BCUT2D eigenvalue weighted by atomic mass is 10.3. The van der Waals surface area contributed by atoms with Gasteiger partial charge in [-0.25, -0.2) is 0 Å². The van der Waals surface area contributed by atoms with Crippen LogP contribution < -0.4 is 4.90 Å². The van der Waals surface area contributed by atoms with Gasteiger partial charge < -0.3 is 4.90 Å². The van der Waals surface area contributed by atoms with E-state index < -0.39 is 0 Å². The monoisotopic (exact) mass is 199 g/mol. The molecule has 1 aromatic rings. The van der Waals surface area contributed by atoms with E-state index in [2.05, 4.69) is 28.6 Å². The molecular formula is C10H14ClNO. The number of rotatable bonds is 1. The standard InChI is InChI=1S/C8H11N.C2H3ClO/c1-9(2)8-6-4-3-5-7-8;1-2(3)4/h3-7H,1-2H3;1H3. The van der Waals surface area contributed by atoms with Crippen LogP contribution in [0.4, 0.5) is 5.69 Å². The van der Waals surface area contributed by atoms with Crippen molar-refractivity contribution in [3.05, 3.63) is 30.3 Å². The minimum atomic E-state index is -0.361. The van der Waals surface area contributed by atoms with E-state index in [1.165, 1.54) is 12.6 Å². The van der Waals surface area contributed by atoms with Crippen LogP contribution in [0.3, 0.4) is 0 Å². The molecule has 3 heteroatoms. The Balaban J connectivity index is 0.000000310. The molecule has 0 radical (unpaired) electrons. The smallest absolute Gasteiger partial charge is 0.218 e. The molecule has 72 valence electrons. The SMILES string of the molecule is CC(=O)Cl.CN(C)c1ccccc1. The lowest BCUT2D eigenvalue weighted by Gasteiger charge is -2.10. The topological polar surface area (TPSA) is 20.3 Å². The van der Waals surface area contributed by atoms with E-state index in [0.717, 1.165) is 0 Å². The quantitative estimate of drug-likeness (QED) is 0.648. The van der Waals surface area contributed by atoms with Crippen LogP contribution in [0.2, 0.25) is 0 Å². The van der Waals surface area contributed by atoms with Crippen LogP contribution in [-0.4, -0.2) is 19.3 Å². The van der Waals surface area contributed by atoms with Crippen LogP contribution in [0.1, 0.15) is 6.92 Å². The molecule has 1 rings (SSSR count). The van der Waals surface area contributed by atoms with Crippen LogP contribution in [0.25, 0.3) is 0 Å². The summed E-state index contributed by atoms with van der Waals surface area (Å²) in [4.78, 5) is 11.3. The molecule has 0 saturated carbocycles. The summed E-state index contributed by atoms with van der Waals surface area (Å²) in [6.45, 7) is 1.29. The summed E-state index contributed by atoms with van der Waals surface area (Å²) in [6.07, 6.45) is 0. The number of benzene rings is 1. The molecule has 0 bridgehead atoms. The normalized spacial score (nSPS) is 8.31. The number of carbonyl (C=O) groups is 1. The molecule has 0 saturated heterocycles. The molecule has 0 spiro atoms. The summed E-state index contributed by atoms with van der Waals surface area (Å²) in [5, 5.41) is -0.361. The lowest BCUT2D eigenvalue weighted by Crippen LogP contribution is -2.07. The number of hydrogen-bond acceptors (Lipinski definition) is 2. The second-order valence-electron chi connectivity index (χ2n) is 2.70. The number of hydrogen-bond donors (Lipinski definition) is 0. The van der Waals surface area contributed by atoms with Crippen molar-refractivity contribution in [3.8, 4) is 0 Å². The lowest BCUT2D eigenvalue weighted by molar-refractivity contribution is -0.109. The van der Waals surface area contributed by atoms with Gasteiger partial charge in [0, 0.05) is 26.7 Å². The fourth-order valence-corrected chi connectivity index (χ4v) is 0.726. The summed E-state index contributed by atoms with van der Waals surface area (Å²) in [7, 11) is 4.07. The Morgan fingerprint density at radius 3 is 1.85 bits per heavy atom. The van der Waals surface area contributed by atoms with Gasteiger partial charge in [0.1, 0.15) is 0 Å². The highest BCUT2D eigenvalue weighted by Crippen LogP contribution is 2.07. The number of para-hydroxylation sites is 1. The van der Waals surface area contributed by atoms with Gasteiger partial charge >= 0.3 is 0 Å². The summed E-state index contributed by atoms with van der Waals surface area (Å²) in [6, 6.07) is 10.3. The molecule has 0 atom stereocenters. The van der Waals surface area contributed by atoms with Crippen molar-refractivity contribution in [2.24, 2.45) is 0 Å². The van der Waals surface area contributed by atoms with E-state index in [1.54, 1.807) is 0 Å². The van der Waals surface area contributed by atoms with Gasteiger partial charge in [-0.05, 0) is 23.7 Å². The molecule has 0 heterocycles. The Kier molecular flexibility index (Phi) is 5.98. The molecule has 0 aliphatic carbocycles. The Hall–Kier alpha value is -1.02. The fourth-order valence-electron chi connectivity index (χ4n) is 0.726. The summed E-state index contributed by atoms with van der Waals surface area (Å²) in [5.41, 5.74) is 1.25. The van der Waals surface area contributed by atoms with Gasteiger partial charge in [0.2, 0.25) is 5.24 Å². The first-order chi connectivity index (χ1) is 6.04. The third-order valence-electron chi connectivity index (χ3n) is 1.27. The Labute approximate surface area is 84.1 Å².